The SMILES string of the molecule is CCCCCC(C)c1cc(C(=O)OC(C)(C)C)c2ccccc2n1. The average molecular weight is 327 g/mol. The molecule has 0 saturated carbocycles. The molecule has 0 aliphatic carbocycles. The Morgan fingerprint density at radius 2 is 1.92 bits per heavy atom. The minimum absolute atomic E-state index is 0.275. The maximum atomic E-state index is 12.7. The molecule has 0 saturated heterocycles. The molecule has 0 aliphatic heterocycles. The molecule has 0 radical (unpaired) electrons. The summed E-state index contributed by atoms with van der Waals surface area (Å²) in [6, 6.07) is 9.72. The Bertz CT molecular complexity index is 701. The van der Waals surface area contributed by atoms with Crippen molar-refractivity contribution in [2.24, 2.45) is 0 Å². The van der Waals surface area contributed by atoms with Gasteiger partial charge < -0.3 is 4.74 Å². The zero-order valence-electron chi connectivity index (χ0n) is 15.6. The van der Waals surface area contributed by atoms with E-state index in [4.69, 9.17) is 9.72 Å². The Labute approximate surface area is 145 Å². The molecule has 0 N–H and O–H groups in total. The number of aromatic nitrogens is 1. The smallest absolute Gasteiger partial charge is 0.339 e. The standard InChI is InChI=1S/C21H29NO2/c1-6-7-8-11-15(2)19-14-17(20(23)24-21(3,4)5)16-12-9-10-13-18(16)22-19/h9-10,12-15H,6-8,11H2,1-5H3. The van der Waals surface area contributed by atoms with Gasteiger partial charge in [-0.25, -0.2) is 4.79 Å². The predicted molar refractivity (Wildman–Crippen MR) is 99.5 cm³/mol. The third-order valence-corrected chi connectivity index (χ3v) is 4.10. The van der Waals surface area contributed by atoms with E-state index in [0.717, 1.165) is 23.0 Å². The zero-order chi connectivity index (χ0) is 17.7. The van der Waals surface area contributed by atoms with Gasteiger partial charge in [-0.05, 0) is 45.2 Å². The minimum Gasteiger partial charge on any atom is -0.456 e. The molecule has 3 nitrogen and oxygen atoms in total. The molecule has 3 heteroatoms. The summed E-state index contributed by atoms with van der Waals surface area (Å²) in [7, 11) is 0. The van der Waals surface area contributed by atoms with Gasteiger partial charge in [-0.15, -0.1) is 0 Å². The Morgan fingerprint density at radius 3 is 2.58 bits per heavy atom. The van der Waals surface area contributed by atoms with Gasteiger partial charge >= 0.3 is 5.97 Å². The molecule has 0 amide bonds. The van der Waals surface area contributed by atoms with Crippen LogP contribution in [0.2, 0.25) is 0 Å². The number of carbonyl (C=O) groups excluding carboxylic acids is 1. The van der Waals surface area contributed by atoms with Crippen LogP contribution < -0.4 is 0 Å². The summed E-state index contributed by atoms with van der Waals surface area (Å²) in [6.07, 6.45) is 4.72. The quantitative estimate of drug-likeness (QED) is 0.491. The molecule has 0 fully saturated rings. The van der Waals surface area contributed by atoms with Crippen molar-refractivity contribution in [2.75, 3.05) is 0 Å². The van der Waals surface area contributed by atoms with E-state index < -0.39 is 5.60 Å². The van der Waals surface area contributed by atoms with Crippen LogP contribution in [0, 0.1) is 0 Å². The Hall–Kier alpha value is -1.90. The van der Waals surface area contributed by atoms with Crippen molar-refractivity contribution in [1.29, 1.82) is 0 Å². The summed E-state index contributed by atoms with van der Waals surface area (Å²) < 4.78 is 5.60. The highest BCUT2D eigenvalue weighted by Crippen LogP contribution is 2.27. The van der Waals surface area contributed by atoms with E-state index in [-0.39, 0.29) is 5.97 Å². The molecule has 1 heterocycles. The van der Waals surface area contributed by atoms with Crippen molar-refractivity contribution >= 4 is 16.9 Å². The van der Waals surface area contributed by atoms with Crippen molar-refractivity contribution in [1.82, 2.24) is 4.98 Å². The minimum atomic E-state index is -0.506. The fraction of sp³-hybridized carbons (Fsp3) is 0.524. The van der Waals surface area contributed by atoms with E-state index in [1.165, 1.54) is 19.3 Å². The highest BCUT2D eigenvalue weighted by Gasteiger charge is 2.21. The van der Waals surface area contributed by atoms with Crippen LogP contribution in [0.3, 0.4) is 0 Å². The Balaban J connectivity index is 2.39. The number of fused-ring (bicyclic) bond motifs is 1. The number of benzene rings is 1. The van der Waals surface area contributed by atoms with Crippen LogP contribution in [0.15, 0.2) is 30.3 Å². The number of para-hydroxylation sites is 1. The zero-order valence-corrected chi connectivity index (χ0v) is 15.6. The van der Waals surface area contributed by atoms with Crippen LogP contribution in [0.5, 0.6) is 0 Å². The van der Waals surface area contributed by atoms with Gasteiger partial charge in [0.2, 0.25) is 0 Å². The molecule has 130 valence electrons. The molecular formula is C21H29NO2. The molecule has 2 aromatic rings. The maximum absolute atomic E-state index is 12.7. The monoisotopic (exact) mass is 327 g/mol. The van der Waals surface area contributed by atoms with E-state index in [1.807, 2.05) is 51.1 Å². The van der Waals surface area contributed by atoms with Gasteiger partial charge in [0.05, 0.1) is 11.1 Å². The molecule has 1 atom stereocenters. The van der Waals surface area contributed by atoms with Gasteiger partial charge in [-0.1, -0.05) is 51.3 Å². The van der Waals surface area contributed by atoms with Crippen LogP contribution in [-0.2, 0) is 4.74 Å². The fourth-order valence-electron chi connectivity index (χ4n) is 2.80. The first-order valence-electron chi connectivity index (χ1n) is 8.95. The van der Waals surface area contributed by atoms with Gasteiger partial charge in [-0.3, -0.25) is 4.98 Å². The first-order chi connectivity index (χ1) is 11.3. The topological polar surface area (TPSA) is 39.2 Å². The lowest BCUT2D eigenvalue weighted by Crippen LogP contribution is -2.24. The first-order valence-corrected chi connectivity index (χ1v) is 8.95. The summed E-state index contributed by atoms with van der Waals surface area (Å²) >= 11 is 0. The average Bonchev–Trinajstić information content (AvgIpc) is 2.52. The highest BCUT2D eigenvalue weighted by atomic mass is 16.6. The number of nitrogens with zero attached hydrogens (tertiary/aromatic N) is 1. The number of esters is 1. The normalized spacial score (nSPS) is 13.0. The van der Waals surface area contributed by atoms with Crippen LogP contribution in [0.1, 0.15) is 82.3 Å². The summed E-state index contributed by atoms with van der Waals surface area (Å²) in [5.41, 5.74) is 1.95. The second-order valence-corrected chi connectivity index (χ2v) is 7.51. The summed E-state index contributed by atoms with van der Waals surface area (Å²) in [5, 5.41) is 0.858. The molecule has 24 heavy (non-hydrogen) atoms. The van der Waals surface area contributed by atoms with Crippen LogP contribution in [0.25, 0.3) is 10.9 Å². The number of carbonyl (C=O) groups is 1. The van der Waals surface area contributed by atoms with Gasteiger partial charge in [-0.2, -0.15) is 0 Å². The van der Waals surface area contributed by atoms with Crippen LogP contribution >= 0.6 is 0 Å². The number of pyridine rings is 1. The van der Waals surface area contributed by atoms with E-state index in [2.05, 4.69) is 13.8 Å². The molecule has 0 aliphatic rings. The maximum Gasteiger partial charge on any atom is 0.339 e. The second-order valence-electron chi connectivity index (χ2n) is 7.51. The molecule has 0 bridgehead atoms. The van der Waals surface area contributed by atoms with Crippen LogP contribution in [-0.4, -0.2) is 16.6 Å². The van der Waals surface area contributed by atoms with E-state index in [1.54, 1.807) is 0 Å². The lowest BCUT2D eigenvalue weighted by atomic mass is 9.96. The van der Waals surface area contributed by atoms with E-state index in [0.29, 0.717) is 11.5 Å². The third kappa shape index (κ3) is 4.80. The van der Waals surface area contributed by atoms with Crippen molar-refractivity contribution in [3.63, 3.8) is 0 Å². The van der Waals surface area contributed by atoms with Crippen molar-refractivity contribution in [3.05, 3.63) is 41.6 Å². The van der Waals surface area contributed by atoms with Gasteiger partial charge in [0.25, 0.3) is 0 Å². The second kappa shape index (κ2) is 7.78. The van der Waals surface area contributed by atoms with Gasteiger partial charge in [0, 0.05) is 11.1 Å². The Morgan fingerprint density at radius 1 is 1.21 bits per heavy atom. The number of hydrogen-bond acceptors (Lipinski definition) is 3. The fourth-order valence-corrected chi connectivity index (χ4v) is 2.80. The summed E-state index contributed by atoms with van der Waals surface area (Å²) in [4.78, 5) is 17.4. The third-order valence-electron chi connectivity index (χ3n) is 4.10. The number of rotatable bonds is 6. The largest absolute Gasteiger partial charge is 0.456 e. The summed E-state index contributed by atoms with van der Waals surface area (Å²) in [6.45, 7) is 10.1. The number of hydrogen-bond donors (Lipinski definition) is 0. The van der Waals surface area contributed by atoms with E-state index in [9.17, 15) is 4.79 Å². The molecule has 2 rings (SSSR count). The van der Waals surface area contributed by atoms with Crippen molar-refractivity contribution < 1.29 is 9.53 Å². The number of unbranched alkanes of at least 4 members (excludes halogenated alkanes) is 2. The molecular weight excluding hydrogens is 298 g/mol. The van der Waals surface area contributed by atoms with E-state index >= 15 is 0 Å². The van der Waals surface area contributed by atoms with Gasteiger partial charge in [0.1, 0.15) is 5.60 Å². The van der Waals surface area contributed by atoms with Crippen LogP contribution in [0.4, 0.5) is 0 Å². The molecule has 0 spiro atoms. The number of ether oxygens (including phenoxy) is 1. The molecule has 1 aromatic carbocycles. The predicted octanol–water partition coefficient (Wildman–Crippen LogP) is 5.87. The van der Waals surface area contributed by atoms with Gasteiger partial charge in [0.15, 0.2) is 0 Å². The molecule has 1 unspecified atom stereocenters. The summed E-state index contributed by atoms with van der Waals surface area (Å²) in [5.74, 6) is 0.0606. The Kier molecular flexibility index (Phi) is 5.98. The lowest BCUT2D eigenvalue weighted by molar-refractivity contribution is 0.00716. The first kappa shape index (κ1) is 18.4. The highest BCUT2D eigenvalue weighted by molar-refractivity contribution is 6.03. The van der Waals surface area contributed by atoms with Crippen molar-refractivity contribution in [2.45, 2.75) is 71.8 Å². The lowest BCUT2D eigenvalue weighted by Gasteiger charge is -2.21. The van der Waals surface area contributed by atoms with Crippen molar-refractivity contribution in [3.8, 4) is 0 Å². The molecule has 1 aromatic heterocycles.